The summed E-state index contributed by atoms with van der Waals surface area (Å²) >= 11 is 5.95. The highest BCUT2D eigenvalue weighted by Gasteiger charge is 2.05. The van der Waals surface area contributed by atoms with Crippen molar-refractivity contribution >= 4 is 17.3 Å². The Morgan fingerprint density at radius 2 is 2.12 bits per heavy atom. The molecule has 17 heavy (non-hydrogen) atoms. The van der Waals surface area contributed by atoms with E-state index >= 15 is 0 Å². The molecule has 0 amide bonds. The van der Waals surface area contributed by atoms with Crippen molar-refractivity contribution in [3.05, 3.63) is 28.8 Å². The SMILES string of the molecule is CC(C)OCCN(C)Cc1cc(Cl)ccc1N. The van der Waals surface area contributed by atoms with Crippen molar-refractivity contribution in [3.63, 3.8) is 0 Å². The topological polar surface area (TPSA) is 38.5 Å². The van der Waals surface area contributed by atoms with Gasteiger partial charge in [0, 0.05) is 23.8 Å². The third-order valence-corrected chi connectivity index (χ3v) is 2.70. The molecule has 1 aromatic carbocycles. The minimum Gasteiger partial charge on any atom is -0.398 e. The number of anilines is 1. The number of nitrogens with two attached hydrogens (primary N) is 1. The van der Waals surface area contributed by atoms with Gasteiger partial charge in [-0.3, -0.25) is 4.90 Å². The highest BCUT2D eigenvalue weighted by Crippen LogP contribution is 2.19. The van der Waals surface area contributed by atoms with Crippen LogP contribution >= 0.6 is 11.6 Å². The Balaban J connectivity index is 2.44. The predicted molar refractivity (Wildman–Crippen MR) is 73.3 cm³/mol. The Morgan fingerprint density at radius 1 is 1.41 bits per heavy atom. The lowest BCUT2D eigenvalue weighted by atomic mass is 10.1. The van der Waals surface area contributed by atoms with E-state index in [2.05, 4.69) is 4.90 Å². The largest absolute Gasteiger partial charge is 0.398 e. The smallest absolute Gasteiger partial charge is 0.0596 e. The lowest BCUT2D eigenvalue weighted by molar-refractivity contribution is 0.0627. The molecular formula is C13H21ClN2O. The lowest BCUT2D eigenvalue weighted by Crippen LogP contribution is -2.24. The van der Waals surface area contributed by atoms with E-state index in [0.29, 0.717) is 0 Å². The zero-order valence-corrected chi connectivity index (χ0v) is 11.5. The Bertz CT molecular complexity index is 355. The summed E-state index contributed by atoms with van der Waals surface area (Å²) in [5.74, 6) is 0. The fraction of sp³-hybridized carbons (Fsp3) is 0.538. The molecule has 0 aliphatic rings. The van der Waals surface area contributed by atoms with Crippen LogP contribution in [0.5, 0.6) is 0 Å². The molecule has 2 N–H and O–H groups in total. The van der Waals surface area contributed by atoms with Crippen LogP contribution in [0.4, 0.5) is 5.69 Å². The first-order valence-electron chi connectivity index (χ1n) is 5.83. The molecule has 1 rings (SSSR count). The third kappa shape index (κ3) is 5.39. The van der Waals surface area contributed by atoms with Crippen LogP contribution in [-0.4, -0.2) is 31.2 Å². The van der Waals surface area contributed by atoms with Crippen molar-refractivity contribution in [3.8, 4) is 0 Å². The summed E-state index contributed by atoms with van der Waals surface area (Å²) in [6.07, 6.45) is 0.277. The van der Waals surface area contributed by atoms with Gasteiger partial charge in [-0.15, -0.1) is 0 Å². The minimum atomic E-state index is 0.277. The van der Waals surface area contributed by atoms with Crippen LogP contribution in [0.15, 0.2) is 18.2 Å². The number of benzene rings is 1. The van der Waals surface area contributed by atoms with E-state index in [1.54, 1.807) is 0 Å². The standard InChI is InChI=1S/C13H21ClN2O/c1-10(2)17-7-6-16(3)9-11-8-12(14)4-5-13(11)15/h4-5,8,10H,6-7,9,15H2,1-3H3. The molecule has 0 aromatic heterocycles. The number of ether oxygens (including phenoxy) is 1. The quantitative estimate of drug-likeness (QED) is 0.796. The summed E-state index contributed by atoms with van der Waals surface area (Å²) in [7, 11) is 2.05. The van der Waals surface area contributed by atoms with Gasteiger partial charge in [-0.05, 0) is 44.7 Å². The first-order valence-corrected chi connectivity index (χ1v) is 6.21. The number of rotatable bonds is 6. The molecule has 4 heteroatoms. The second kappa shape index (κ2) is 6.84. The molecule has 0 atom stereocenters. The van der Waals surface area contributed by atoms with Crippen molar-refractivity contribution in [2.24, 2.45) is 0 Å². The average molecular weight is 257 g/mol. The van der Waals surface area contributed by atoms with Gasteiger partial charge in [0.05, 0.1) is 12.7 Å². The maximum atomic E-state index is 5.95. The fourth-order valence-corrected chi connectivity index (χ4v) is 1.72. The lowest BCUT2D eigenvalue weighted by Gasteiger charge is -2.18. The molecule has 0 saturated carbocycles. The molecule has 0 unspecified atom stereocenters. The van der Waals surface area contributed by atoms with Crippen molar-refractivity contribution in [1.29, 1.82) is 0 Å². The van der Waals surface area contributed by atoms with Crippen LogP contribution in [-0.2, 0) is 11.3 Å². The summed E-state index contributed by atoms with van der Waals surface area (Å²) in [5, 5.41) is 0.723. The molecule has 0 spiro atoms. The van der Waals surface area contributed by atoms with E-state index in [-0.39, 0.29) is 6.10 Å². The van der Waals surface area contributed by atoms with Crippen LogP contribution in [0.2, 0.25) is 5.02 Å². The van der Waals surface area contributed by atoms with Gasteiger partial charge in [-0.25, -0.2) is 0 Å². The molecule has 0 aliphatic heterocycles. The molecular weight excluding hydrogens is 236 g/mol. The Hall–Kier alpha value is -0.770. The van der Waals surface area contributed by atoms with Crippen LogP contribution in [0.3, 0.4) is 0 Å². The number of halogens is 1. The number of likely N-dealkylation sites (N-methyl/N-ethyl adjacent to an activating group) is 1. The van der Waals surface area contributed by atoms with E-state index in [0.717, 1.165) is 36.0 Å². The molecule has 0 bridgehead atoms. The first-order chi connectivity index (χ1) is 7.99. The normalized spacial score (nSPS) is 11.4. The summed E-state index contributed by atoms with van der Waals surface area (Å²) in [4.78, 5) is 2.17. The average Bonchev–Trinajstić information content (AvgIpc) is 2.23. The van der Waals surface area contributed by atoms with E-state index in [1.807, 2.05) is 39.1 Å². The van der Waals surface area contributed by atoms with Gasteiger partial charge in [0.2, 0.25) is 0 Å². The van der Waals surface area contributed by atoms with Crippen LogP contribution < -0.4 is 5.73 Å². The van der Waals surface area contributed by atoms with Crippen LogP contribution in [0.1, 0.15) is 19.4 Å². The minimum absolute atomic E-state index is 0.277. The van der Waals surface area contributed by atoms with Gasteiger partial charge in [0.15, 0.2) is 0 Å². The fourth-order valence-electron chi connectivity index (χ4n) is 1.53. The maximum Gasteiger partial charge on any atom is 0.0596 e. The maximum absolute atomic E-state index is 5.95. The third-order valence-electron chi connectivity index (χ3n) is 2.47. The summed E-state index contributed by atoms with van der Waals surface area (Å²) < 4.78 is 5.51. The van der Waals surface area contributed by atoms with Gasteiger partial charge < -0.3 is 10.5 Å². The molecule has 96 valence electrons. The summed E-state index contributed by atoms with van der Waals surface area (Å²) in [6.45, 7) is 6.47. The Kier molecular flexibility index (Phi) is 5.75. The Labute approximate surface area is 109 Å². The van der Waals surface area contributed by atoms with E-state index in [9.17, 15) is 0 Å². The monoisotopic (exact) mass is 256 g/mol. The van der Waals surface area contributed by atoms with Crippen LogP contribution in [0, 0.1) is 0 Å². The van der Waals surface area contributed by atoms with Crippen LogP contribution in [0.25, 0.3) is 0 Å². The second-order valence-corrected chi connectivity index (χ2v) is 4.94. The molecule has 3 nitrogen and oxygen atoms in total. The number of nitrogen functional groups attached to an aromatic ring is 1. The zero-order valence-electron chi connectivity index (χ0n) is 10.7. The second-order valence-electron chi connectivity index (χ2n) is 4.50. The number of hydrogen-bond acceptors (Lipinski definition) is 3. The van der Waals surface area contributed by atoms with E-state index in [4.69, 9.17) is 22.1 Å². The molecule has 0 saturated heterocycles. The Morgan fingerprint density at radius 3 is 2.76 bits per heavy atom. The number of hydrogen-bond donors (Lipinski definition) is 1. The van der Waals surface area contributed by atoms with Gasteiger partial charge in [0.25, 0.3) is 0 Å². The van der Waals surface area contributed by atoms with Crippen molar-refractivity contribution < 1.29 is 4.74 Å². The zero-order chi connectivity index (χ0) is 12.8. The van der Waals surface area contributed by atoms with Gasteiger partial charge >= 0.3 is 0 Å². The van der Waals surface area contributed by atoms with Gasteiger partial charge in [-0.2, -0.15) is 0 Å². The van der Waals surface area contributed by atoms with Crippen molar-refractivity contribution in [2.45, 2.75) is 26.5 Å². The molecule has 0 heterocycles. The highest BCUT2D eigenvalue weighted by atomic mass is 35.5. The molecule has 1 aromatic rings. The number of nitrogens with zero attached hydrogens (tertiary/aromatic N) is 1. The van der Waals surface area contributed by atoms with Crippen molar-refractivity contribution in [2.75, 3.05) is 25.9 Å². The van der Waals surface area contributed by atoms with E-state index < -0.39 is 0 Å². The molecule has 0 fully saturated rings. The van der Waals surface area contributed by atoms with E-state index in [1.165, 1.54) is 0 Å². The van der Waals surface area contributed by atoms with Gasteiger partial charge in [-0.1, -0.05) is 11.6 Å². The molecule has 0 aliphatic carbocycles. The molecule has 0 radical (unpaired) electrons. The summed E-state index contributed by atoms with van der Waals surface area (Å²) in [5.41, 5.74) is 7.74. The highest BCUT2D eigenvalue weighted by molar-refractivity contribution is 6.30. The summed E-state index contributed by atoms with van der Waals surface area (Å²) in [6, 6.07) is 5.56. The predicted octanol–water partition coefficient (Wildman–Crippen LogP) is 2.78. The van der Waals surface area contributed by atoms with Gasteiger partial charge in [0.1, 0.15) is 0 Å². The van der Waals surface area contributed by atoms with Crippen molar-refractivity contribution in [1.82, 2.24) is 4.90 Å². The first kappa shape index (κ1) is 14.3.